The Bertz CT molecular complexity index is 724. The summed E-state index contributed by atoms with van der Waals surface area (Å²) in [6, 6.07) is 15.4. The fourth-order valence-corrected chi connectivity index (χ4v) is 3.60. The maximum atomic E-state index is 12.5. The molecule has 2 aromatic carbocycles. The number of carbonyl (C=O) groups excluding carboxylic acids is 1. The number of nitrogens with one attached hydrogen (secondary N) is 1. The first-order chi connectivity index (χ1) is 12.1. The Balaban J connectivity index is 1.81. The molecule has 0 saturated carbocycles. The molecule has 1 saturated heterocycles. The topological polar surface area (TPSA) is 47.6 Å². The quantitative estimate of drug-likeness (QED) is 0.822. The zero-order valence-corrected chi connectivity index (χ0v) is 15.8. The van der Waals surface area contributed by atoms with Gasteiger partial charge in [0.05, 0.1) is 7.11 Å². The van der Waals surface area contributed by atoms with Crippen molar-refractivity contribution in [3.63, 3.8) is 0 Å². The predicted octanol–water partition coefficient (Wildman–Crippen LogP) is 3.94. The van der Waals surface area contributed by atoms with Gasteiger partial charge in [-0.05, 0) is 43.2 Å². The first-order valence-electron chi connectivity index (χ1n) is 8.40. The predicted molar refractivity (Wildman–Crippen MR) is 101 cm³/mol. The molecule has 3 rings (SSSR count). The highest BCUT2D eigenvalue weighted by molar-refractivity contribution is 9.10. The SMILES string of the molecule is COc1ccccc1C1(CNC(=O)c2ccc(Br)cc2)CCOCC1. The monoisotopic (exact) mass is 403 g/mol. The average molecular weight is 404 g/mol. The highest BCUT2D eigenvalue weighted by Gasteiger charge is 2.37. The molecule has 0 radical (unpaired) electrons. The first kappa shape index (κ1) is 18.0. The molecule has 0 unspecified atom stereocenters. The molecule has 1 heterocycles. The zero-order chi connectivity index (χ0) is 17.7. The minimum Gasteiger partial charge on any atom is -0.496 e. The maximum Gasteiger partial charge on any atom is 0.251 e. The van der Waals surface area contributed by atoms with E-state index in [1.54, 1.807) is 7.11 Å². The average Bonchev–Trinajstić information content (AvgIpc) is 2.67. The van der Waals surface area contributed by atoms with Crippen LogP contribution in [0.3, 0.4) is 0 Å². The summed E-state index contributed by atoms with van der Waals surface area (Å²) in [7, 11) is 1.69. The van der Waals surface area contributed by atoms with Gasteiger partial charge in [0.1, 0.15) is 5.75 Å². The molecular formula is C20H22BrNO3. The molecule has 0 spiro atoms. The third-order valence-electron chi connectivity index (χ3n) is 4.82. The molecule has 1 N–H and O–H groups in total. The number of benzene rings is 2. The normalized spacial score (nSPS) is 16.2. The van der Waals surface area contributed by atoms with Crippen LogP contribution in [0.5, 0.6) is 5.75 Å². The molecular weight excluding hydrogens is 382 g/mol. The van der Waals surface area contributed by atoms with Crippen LogP contribution >= 0.6 is 15.9 Å². The smallest absolute Gasteiger partial charge is 0.251 e. The van der Waals surface area contributed by atoms with Crippen molar-refractivity contribution in [1.82, 2.24) is 5.32 Å². The fraction of sp³-hybridized carbons (Fsp3) is 0.350. The van der Waals surface area contributed by atoms with Crippen LogP contribution in [0.25, 0.3) is 0 Å². The number of hydrogen-bond donors (Lipinski definition) is 1. The summed E-state index contributed by atoms with van der Waals surface area (Å²) in [5.41, 5.74) is 1.62. The van der Waals surface area contributed by atoms with Gasteiger partial charge in [-0.1, -0.05) is 34.1 Å². The van der Waals surface area contributed by atoms with Crippen molar-refractivity contribution in [3.8, 4) is 5.75 Å². The molecule has 1 aliphatic rings. The van der Waals surface area contributed by atoms with Gasteiger partial charge in [0, 0.05) is 40.8 Å². The Labute approximate surface area is 156 Å². The van der Waals surface area contributed by atoms with E-state index in [4.69, 9.17) is 9.47 Å². The molecule has 2 aromatic rings. The van der Waals surface area contributed by atoms with Crippen LogP contribution in [0.2, 0.25) is 0 Å². The van der Waals surface area contributed by atoms with Crippen molar-refractivity contribution in [2.24, 2.45) is 0 Å². The largest absolute Gasteiger partial charge is 0.496 e. The van der Waals surface area contributed by atoms with Crippen LogP contribution in [0.4, 0.5) is 0 Å². The Morgan fingerprint density at radius 3 is 2.52 bits per heavy atom. The van der Waals surface area contributed by atoms with E-state index in [0.717, 1.165) is 28.6 Å². The lowest BCUT2D eigenvalue weighted by Crippen LogP contribution is -2.44. The van der Waals surface area contributed by atoms with Gasteiger partial charge < -0.3 is 14.8 Å². The number of para-hydroxylation sites is 1. The van der Waals surface area contributed by atoms with E-state index in [1.165, 1.54) is 0 Å². The first-order valence-corrected chi connectivity index (χ1v) is 9.19. The Kier molecular flexibility index (Phi) is 5.76. The van der Waals surface area contributed by atoms with Crippen LogP contribution in [-0.4, -0.2) is 32.8 Å². The molecule has 5 heteroatoms. The number of rotatable bonds is 5. The van der Waals surface area contributed by atoms with Crippen LogP contribution < -0.4 is 10.1 Å². The molecule has 1 amide bonds. The van der Waals surface area contributed by atoms with Gasteiger partial charge in [-0.2, -0.15) is 0 Å². The number of carbonyl (C=O) groups is 1. The number of ether oxygens (including phenoxy) is 2. The summed E-state index contributed by atoms with van der Waals surface area (Å²) >= 11 is 3.39. The lowest BCUT2D eigenvalue weighted by molar-refractivity contribution is 0.0479. The highest BCUT2D eigenvalue weighted by Crippen LogP contribution is 2.39. The van der Waals surface area contributed by atoms with Crippen LogP contribution in [0.15, 0.2) is 53.0 Å². The van der Waals surface area contributed by atoms with E-state index >= 15 is 0 Å². The van der Waals surface area contributed by atoms with Gasteiger partial charge in [-0.25, -0.2) is 0 Å². The second-order valence-electron chi connectivity index (χ2n) is 6.28. The molecule has 25 heavy (non-hydrogen) atoms. The third kappa shape index (κ3) is 4.05. The highest BCUT2D eigenvalue weighted by atomic mass is 79.9. The van der Waals surface area contributed by atoms with E-state index in [9.17, 15) is 4.79 Å². The third-order valence-corrected chi connectivity index (χ3v) is 5.35. The van der Waals surface area contributed by atoms with Gasteiger partial charge in [0.15, 0.2) is 0 Å². The Morgan fingerprint density at radius 1 is 1.16 bits per heavy atom. The van der Waals surface area contributed by atoms with Crippen molar-refractivity contribution in [2.75, 3.05) is 26.9 Å². The summed E-state index contributed by atoms with van der Waals surface area (Å²) in [4.78, 5) is 12.5. The van der Waals surface area contributed by atoms with Crippen LogP contribution in [0, 0.1) is 0 Å². The summed E-state index contributed by atoms with van der Waals surface area (Å²) in [5.74, 6) is 0.801. The summed E-state index contributed by atoms with van der Waals surface area (Å²) in [6.07, 6.45) is 1.71. The fourth-order valence-electron chi connectivity index (χ4n) is 3.34. The van der Waals surface area contributed by atoms with Crippen LogP contribution in [-0.2, 0) is 10.2 Å². The number of hydrogen-bond acceptors (Lipinski definition) is 3. The maximum absolute atomic E-state index is 12.5. The second kappa shape index (κ2) is 8.02. The second-order valence-corrected chi connectivity index (χ2v) is 7.20. The molecule has 1 aliphatic heterocycles. The van der Waals surface area contributed by atoms with Gasteiger partial charge in [-0.3, -0.25) is 4.79 Å². The zero-order valence-electron chi connectivity index (χ0n) is 14.3. The minimum absolute atomic E-state index is 0.0618. The van der Waals surface area contributed by atoms with Crippen molar-refractivity contribution in [1.29, 1.82) is 0 Å². The number of amides is 1. The molecule has 132 valence electrons. The number of halogens is 1. The summed E-state index contributed by atoms with van der Waals surface area (Å²) in [6.45, 7) is 1.93. The molecule has 0 aliphatic carbocycles. The standard InChI is InChI=1S/C20H22BrNO3/c1-24-18-5-3-2-4-17(18)20(10-12-25-13-11-20)14-22-19(23)15-6-8-16(21)9-7-15/h2-9H,10-14H2,1H3,(H,22,23). The molecule has 1 fully saturated rings. The van der Waals surface area contributed by atoms with E-state index < -0.39 is 0 Å². The minimum atomic E-state index is -0.171. The Morgan fingerprint density at radius 2 is 1.84 bits per heavy atom. The summed E-state index contributed by atoms with van der Waals surface area (Å²) < 4.78 is 12.1. The van der Waals surface area contributed by atoms with Crippen LogP contribution in [0.1, 0.15) is 28.8 Å². The summed E-state index contributed by atoms with van der Waals surface area (Å²) in [5, 5.41) is 3.11. The van der Waals surface area contributed by atoms with Crippen molar-refractivity contribution < 1.29 is 14.3 Å². The lowest BCUT2D eigenvalue weighted by atomic mass is 9.73. The van der Waals surface area contributed by atoms with E-state index in [2.05, 4.69) is 27.3 Å². The van der Waals surface area contributed by atoms with Gasteiger partial charge in [0.25, 0.3) is 5.91 Å². The molecule has 4 nitrogen and oxygen atoms in total. The molecule has 0 aromatic heterocycles. The van der Waals surface area contributed by atoms with Gasteiger partial charge in [-0.15, -0.1) is 0 Å². The van der Waals surface area contributed by atoms with Gasteiger partial charge in [0.2, 0.25) is 0 Å². The van der Waals surface area contributed by atoms with E-state index in [1.807, 2.05) is 42.5 Å². The van der Waals surface area contributed by atoms with E-state index in [-0.39, 0.29) is 11.3 Å². The van der Waals surface area contributed by atoms with E-state index in [0.29, 0.717) is 25.3 Å². The number of methoxy groups -OCH3 is 1. The Hall–Kier alpha value is -1.85. The molecule has 0 bridgehead atoms. The molecule has 0 atom stereocenters. The van der Waals surface area contributed by atoms with Crippen molar-refractivity contribution in [3.05, 3.63) is 64.1 Å². The van der Waals surface area contributed by atoms with Crippen molar-refractivity contribution in [2.45, 2.75) is 18.3 Å². The van der Waals surface area contributed by atoms with Gasteiger partial charge >= 0.3 is 0 Å². The van der Waals surface area contributed by atoms with Crippen molar-refractivity contribution >= 4 is 21.8 Å². The lowest BCUT2D eigenvalue weighted by Gasteiger charge is -2.38.